The highest BCUT2D eigenvalue weighted by Crippen LogP contribution is 2.47. The zero-order valence-electron chi connectivity index (χ0n) is 40.2. The van der Waals surface area contributed by atoms with E-state index in [1.165, 1.54) is 77.5 Å². The van der Waals surface area contributed by atoms with Crippen LogP contribution < -0.4 is 5.84 Å². The average molecular weight is 879 g/mol. The van der Waals surface area contributed by atoms with Crippen LogP contribution in [0.15, 0.2) is 214 Å². The van der Waals surface area contributed by atoms with Crippen LogP contribution >= 0.6 is 0 Å². The second-order valence-electron chi connectivity index (χ2n) is 17.2. The highest BCUT2D eigenvalue weighted by Gasteiger charge is 2.28. The fraction of sp³-hybridized carbons (Fsp3) is 0.206. The molecule has 2 N–H and O–H groups in total. The van der Waals surface area contributed by atoms with Crippen LogP contribution in [0.2, 0.25) is 0 Å². The minimum Gasteiger partial charge on any atom is -0.324 e. The number of nitrogens with two attached hydrogens (primary N) is 1. The number of hydrogen-bond acceptors (Lipinski definition) is 3. The van der Waals surface area contributed by atoms with E-state index in [-0.39, 0.29) is 0 Å². The van der Waals surface area contributed by atoms with Crippen LogP contribution in [0.3, 0.4) is 0 Å². The van der Waals surface area contributed by atoms with Gasteiger partial charge >= 0.3 is 0 Å². The largest absolute Gasteiger partial charge is 0.324 e. The topological polar surface area (TPSA) is 55.7 Å². The number of hydrogen-bond donors (Lipinski definition) is 1. The Morgan fingerprint density at radius 3 is 2.18 bits per heavy atom. The Bertz CT molecular complexity index is 3030. The van der Waals surface area contributed by atoms with Gasteiger partial charge in [-0.05, 0) is 139 Å². The summed E-state index contributed by atoms with van der Waals surface area (Å²) in [5.74, 6) is 4.36. The Balaban J connectivity index is 0.000000355. The zero-order valence-corrected chi connectivity index (χ0v) is 40.2. The fourth-order valence-electron chi connectivity index (χ4n) is 9.63. The summed E-state index contributed by atoms with van der Waals surface area (Å²) in [6.07, 6.45) is 30.1. The van der Waals surface area contributed by atoms with Crippen molar-refractivity contribution >= 4 is 51.5 Å². The molecule has 0 saturated heterocycles. The Labute approximate surface area is 399 Å². The molecule has 4 heteroatoms. The number of benzene rings is 5. The summed E-state index contributed by atoms with van der Waals surface area (Å²) in [6.45, 7) is 19.0. The Kier molecular flexibility index (Phi) is 16.5. The van der Waals surface area contributed by atoms with Gasteiger partial charge in [0.05, 0.1) is 23.5 Å². The van der Waals surface area contributed by atoms with Crippen molar-refractivity contribution in [3.63, 3.8) is 0 Å². The summed E-state index contributed by atoms with van der Waals surface area (Å²) in [5, 5.41) is 6.78. The van der Waals surface area contributed by atoms with E-state index in [1.807, 2.05) is 13.8 Å². The molecule has 6 aromatic rings. The lowest BCUT2D eigenvalue weighted by atomic mass is 9.76. The number of rotatable bonds is 6. The first kappa shape index (κ1) is 47.7. The molecule has 338 valence electrons. The summed E-state index contributed by atoms with van der Waals surface area (Å²) < 4.78 is 2.53. The smallest absolute Gasteiger partial charge is 0.0685 e. The zero-order chi connectivity index (χ0) is 47.1. The molecule has 67 heavy (non-hydrogen) atoms. The molecule has 0 aliphatic heterocycles. The second-order valence-corrected chi connectivity index (χ2v) is 17.2. The molecule has 0 unspecified atom stereocenters. The number of aryl methyl sites for hydroxylation is 2. The number of aromatic nitrogens is 1. The van der Waals surface area contributed by atoms with Gasteiger partial charge in [-0.15, -0.1) is 0 Å². The van der Waals surface area contributed by atoms with E-state index in [9.17, 15) is 0 Å². The van der Waals surface area contributed by atoms with E-state index >= 15 is 0 Å². The highest BCUT2D eigenvalue weighted by atomic mass is 15.1. The highest BCUT2D eigenvalue weighted by molar-refractivity contribution is 6.13. The molecule has 4 nitrogen and oxygen atoms in total. The van der Waals surface area contributed by atoms with Crippen LogP contribution in [-0.4, -0.2) is 17.0 Å². The van der Waals surface area contributed by atoms with Gasteiger partial charge in [-0.25, -0.2) is 0 Å². The molecule has 0 spiro atoms. The van der Waals surface area contributed by atoms with Gasteiger partial charge in [-0.3, -0.25) is 4.99 Å². The van der Waals surface area contributed by atoms with Crippen molar-refractivity contribution in [1.29, 1.82) is 0 Å². The molecule has 1 aromatic heterocycles. The van der Waals surface area contributed by atoms with Crippen LogP contribution in [0.1, 0.15) is 98.4 Å². The number of fused-ring (bicyclic) bond motifs is 4. The fourth-order valence-corrected chi connectivity index (χ4v) is 9.63. The molecule has 0 amide bonds. The van der Waals surface area contributed by atoms with E-state index in [1.54, 1.807) is 5.57 Å². The quantitative estimate of drug-likeness (QED) is 0.101. The summed E-state index contributed by atoms with van der Waals surface area (Å²) in [6, 6.07) is 40.8. The van der Waals surface area contributed by atoms with Crippen molar-refractivity contribution in [2.24, 2.45) is 15.9 Å². The predicted octanol–water partition coefficient (Wildman–Crippen LogP) is 16.4. The van der Waals surface area contributed by atoms with Crippen LogP contribution in [0.4, 0.5) is 0 Å². The maximum Gasteiger partial charge on any atom is 0.0685 e. The van der Waals surface area contributed by atoms with Gasteiger partial charge in [0.15, 0.2) is 0 Å². The average Bonchev–Trinajstić information content (AvgIpc) is 3.69. The standard InChI is InChI=1S/C49H46N2.C11H10.C2H6.CH4N2/c1-34-17-7-4-10-23-40(49(39-21-11-6-12-22-39)50-33-37-18-8-5-9-19-37)30-32-43(34)51-44-26-16-15-25-42(44)48-45(51)31-28-36(3)47(48)46-35(2)27-29-38-20-13-14-24-41(38)46;1-9-6-7-10-4-2-3-5-11(10)8-9;1-2;1-3-2/h4-13,15,17-22,25,28,30-32H,1,14,16,23-24,26-27,29,33H2,2-3H3;2-8H,1H3;1-2H3;1-2H2/b10-4-,17-7-,40-30+,43-32+,50-49?;;;. The molecule has 0 bridgehead atoms. The van der Waals surface area contributed by atoms with E-state index in [0.29, 0.717) is 6.54 Å². The van der Waals surface area contributed by atoms with Gasteiger partial charge in [0.25, 0.3) is 0 Å². The molecule has 0 fully saturated rings. The molecule has 4 aliphatic carbocycles. The summed E-state index contributed by atoms with van der Waals surface area (Å²) in [4.78, 5) is 5.27. The minimum atomic E-state index is 0.628. The lowest BCUT2D eigenvalue weighted by molar-refractivity contribution is 0.860. The van der Waals surface area contributed by atoms with Gasteiger partial charge in [-0.1, -0.05) is 195 Å². The number of aliphatic imine (C=N–C) groups is 1. The minimum absolute atomic E-state index is 0.628. The predicted molar refractivity (Wildman–Crippen MR) is 293 cm³/mol. The number of hydrazone groups is 1. The van der Waals surface area contributed by atoms with Crippen molar-refractivity contribution in [2.45, 2.75) is 86.1 Å². The van der Waals surface area contributed by atoms with Gasteiger partial charge in [0, 0.05) is 23.4 Å². The summed E-state index contributed by atoms with van der Waals surface area (Å²) >= 11 is 0. The van der Waals surface area contributed by atoms with Crippen molar-refractivity contribution < 1.29 is 0 Å². The summed E-state index contributed by atoms with van der Waals surface area (Å²) in [5.41, 5.74) is 20.9. The molecule has 1 heterocycles. The van der Waals surface area contributed by atoms with Crippen LogP contribution in [0.5, 0.6) is 0 Å². The molecular formula is C63H66N4. The molecule has 0 saturated carbocycles. The normalized spacial score (nSPS) is 18.0. The molecule has 10 rings (SSSR count). The molecule has 0 atom stereocenters. The second kappa shape index (κ2) is 23.2. The van der Waals surface area contributed by atoms with Gasteiger partial charge in [0.1, 0.15) is 0 Å². The van der Waals surface area contributed by atoms with E-state index in [4.69, 9.17) is 4.99 Å². The van der Waals surface area contributed by atoms with Gasteiger partial charge in [-0.2, -0.15) is 5.10 Å². The number of allylic oxidation sites excluding steroid dienone is 16. The third kappa shape index (κ3) is 11.0. The van der Waals surface area contributed by atoms with E-state index in [0.717, 1.165) is 67.5 Å². The van der Waals surface area contributed by atoms with E-state index < -0.39 is 0 Å². The molecule has 4 aliphatic rings. The SMILES string of the molecule is C=C1/C=C\C=C/C/C(C(=NCc2ccccc2)c2ccccc2)=C\C=C/1n1c2c(c3c(C4=C(C)CCC5=C4CCC=C5)c(C)ccc31)C=CCC2.C=NN.CC.Cc1ccc2ccccc2c1. The van der Waals surface area contributed by atoms with Gasteiger partial charge < -0.3 is 10.4 Å². The molecular weight excluding hydrogens is 813 g/mol. The maximum atomic E-state index is 5.27. The lowest BCUT2D eigenvalue weighted by Crippen LogP contribution is -2.08. The Hall–Kier alpha value is -7.30. The summed E-state index contributed by atoms with van der Waals surface area (Å²) in [7, 11) is 0. The molecule has 5 aromatic carbocycles. The van der Waals surface area contributed by atoms with Crippen LogP contribution in [0, 0.1) is 13.8 Å². The van der Waals surface area contributed by atoms with Crippen molar-refractivity contribution in [3.05, 3.63) is 243 Å². The maximum absolute atomic E-state index is 5.27. The Morgan fingerprint density at radius 2 is 1.40 bits per heavy atom. The van der Waals surface area contributed by atoms with E-state index in [2.05, 4.69) is 226 Å². The first-order chi connectivity index (χ1) is 32.9. The molecule has 0 radical (unpaired) electrons. The third-order valence-electron chi connectivity index (χ3n) is 12.7. The number of nitrogens with zero attached hydrogens (tertiary/aromatic N) is 3. The van der Waals surface area contributed by atoms with Crippen molar-refractivity contribution in [2.75, 3.05) is 0 Å². The Morgan fingerprint density at radius 1 is 0.701 bits per heavy atom. The lowest BCUT2D eigenvalue weighted by Gasteiger charge is -2.28. The van der Waals surface area contributed by atoms with Crippen molar-refractivity contribution in [1.82, 2.24) is 4.57 Å². The van der Waals surface area contributed by atoms with Crippen LogP contribution in [0.25, 0.3) is 39.0 Å². The third-order valence-corrected chi connectivity index (χ3v) is 12.7. The first-order valence-electron chi connectivity index (χ1n) is 24.0. The monoisotopic (exact) mass is 879 g/mol. The van der Waals surface area contributed by atoms with Crippen LogP contribution in [-0.2, 0) is 13.0 Å². The first-order valence-corrected chi connectivity index (χ1v) is 24.0. The van der Waals surface area contributed by atoms with Crippen molar-refractivity contribution in [3.8, 4) is 0 Å². The van der Waals surface area contributed by atoms with Gasteiger partial charge in [0.2, 0.25) is 0 Å².